The van der Waals surface area contributed by atoms with Crippen LogP contribution in [0.1, 0.15) is 15.9 Å². The zero-order valence-electron chi connectivity index (χ0n) is 14.4. The van der Waals surface area contributed by atoms with Crippen molar-refractivity contribution in [3.05, 3.63) is 82.1 Å². The summed E-state index contributed by atoms with van der Waals surface area (Å²) in [5.41, 5.74) is 1.75. The summed E-state index contributed by atoms with van der Waals surface area (Å²) < 4.78 is 11.1. The smallest absolute Gasteiger partial charge is 0.257 e. The van der Waals surface area contributed by atoms with Crippen molar-refractivity contribution in [2.75, 3.05) is 12.4 Å². The van der Waals surface area contributed by atoms with Gasteiger partial charge in [0.05, 0.1) is 22.7 Å². The van der Waals surface area contributed by atoms with E-state index in [9.17, 15) is 4.79 Å². The summed E-state index contributed by atoms with van der Waals surface area (Å²) in [6, 6.07) is 13.8. The number of halogens is 2. The fourth-order valence-corrected chi connectivity index (χ4v) is 2.78. The van der Waals surface area contributed by atoms with Crippen LogP contribution in [0.25, 0.3) is 0 Å². The van der Waals surface area contributed by atoms with Crippen LogP contribution >= 0.6 is 23.2 Å². The fraction of sp³-hybridized carbons (Fsp3) is 0.100. The second kappa shape index (κ2) is 8.75. The van der Waals surface area contributed by atoms with E-state index in [1.807, 2.05) is 12.1 Å². The number of methoxy groups -OCH3 is 1. The zero-order chi connectivity index (χ0) is 19.2. The van der Waals surface area contributed by atoms with Crippen molar-refractivity contribution in [1.29, 1.82) is 0 Å². The number of nitrogens with zero attached hydrogens (tertiary/aromatic N) is 1. The van der Waals surface area contributed by atoms with Crippen LogP contribution in [-0.4, -0.2) is 18.0 Å². The Labute approximate surface area is 166 Å². The van der Waals surface area contributed by atoms with E-state index in [1.54, 1.807) is 55.9 Å². The van der Waals surface area contributed by atoms with Gasteiger partial charge in [0.15, 0.2) is 11.5 Å². The lowest BCUT2D eigenvalue weighted by molar-refractivity contribution is 0.102. The van der Waals surface area contributed by atoms with E-state index in [1.165, 1.54) is 0 Å². The van der Waals surface area contributed by atoms with E-state index < -0.39 is 0 Å². The summed E-state index contributed by atoms with van der Waals surface area (Å²) in [5.74, 6) is 0.680. The highest BCUT2D eigenvalue weighted by atomic mass is 35.5. The van der Waals surface area contributed by atoms with Crippen molar-refractivity contribution >= 4 is 34.8 Å². The van der Waals surface area contributed by atoms with E-state index in [2.05, 4.69) is 10.3 Å². The van der Waals surface area contributed by atoms with Gasteiger partial charge in [0.2, 0.25) is 0 Å². The van der Waals surface area contributed by atoms with Gasteiger partial charge in [-0.05, 0) is 30.3 Å². The van der Waals surface area contributed by atoms with Crippen molar-refractivity contribution in [2.45, 2.75) is 6.61 Å². The van der Waals surface area contributed by atoms with Gasteiger partial charge in [0.1, 0.15) is 6.61 Å². The molecule has 0 aliphatic carbocycles. The second-order valence-electron chi connectivity index (χ2n) is 5.57. The average Bonchev–Trinajstić information content (AvgIpc) is 2.69. The molecule has 0 fully saturated rings. The molecule has 0 radical (unpaired) electrons. The standard InChI is InChI=1S/C20H16Cl2N2O3/c1-26-17-8-7-14(10-18(17)27-12-13-4-3-9-23-11-13)24-20(25)15-5-2-6-16(21)19(15)22/h2-11H,12H2,1H3,(H,24,25). The molecule has 1 aromatic heterocycles. The largest absolute Gasteiger partial charge is 0.493 e. The first kappa shape index (κ1) is 19.0. The first-order chi connectivity index (χ1) is 13.1. The number of ether oxygens (including phenoxy) is 2. The maximum Gasteiger partial charge on any atom is 0.257 e. The summed E-state index contributed by atoms with van der Waals surface area (Å²) in [6.07, 6.45) is 3.42. The van der Waals surface area contributed by atoms with Gasteiger partial charge < -0.3 is 14.8 Å². The first-order valence-electron chi connectivity index (χ1n) is 8.03. The molecule has 0 aliphatic heterocycles. The third kappa shape index (κ3) is 4.70. The van der Waals surface area contributed by atoms with Crippen molar-refractivity contribution in [3.8, 4) is 11.5 Å². The maximum atomic E-state index is 12.5. The Morgan fingerprint density at radius 2 is 1.96 bits per heavy atom. The van der Waals surface area contributed by atoms with Crippen LogP contribution in [0.3, 0.4) is 0 Å². The van der Waals surface area contributed by atoms with Crippen molar-refractivity contribution in [2.24, 2.45) is 0 Å². The van der Waals surface area contributed by atoms with Crippen LogP contribution in [0.4, 0.5) is 5.69 Å². The van der Waals surface area contributed by atoms with Gasteiger partial charge in [0.25, 0.3) is 5.91 Å². The molecular weight excluding hydrogens is 387 g/mol. The van der Waals surface area contributed by atoms with Gasteiger partial charge in [-0.1, -0.05) is 35.3 Å². The van der Waals surface area contributed by atoms with Gasteiger partial charge in [-0.2, -0.15) is 0 Å². The third-order valence-electron chi connectivity index (χ3n) is 3.73. The number of aromatic nitrogens is 1. The minimum absolute atomic E-state index is 0.207. The van der Waals surface area contributed by atoms with Gasteiger partial charge in [0, 0.05) is 29.7 Å². The molecule has 0 atom stereocenters. The average molecular weight is 403 g/mol. The second-order valence-corrected chi connectivity index (χ2v) is 6.36. The van der Waals surface area contributed by atoms with E-state index in [0.29, 0.717) is 28.8 Å². The summed E-state index contributed by atoms with van der Waals surface area (Å²) in [5, 5.41) is 3.31. The van der Waals surface area contributed by atoms with Gasteiger partial charge in [-0.15, -0.1) is 0 Å². The first-order valence-corrected chi connectivity index (χ1v) is 8.79. The van der Waals surface area contributed by atoms with Crippen LogP contribution < -0.4 is 14.8 Å². The highest BCUT2D eigenvalue weighted by molar-refractivity contribution is 6.44. The number of benzene rings is 2. The number of carbonyl (C=O) groups excluding carboxylic acids is 1. The molecule has 3 aromatic rings. The molecule has 138 valence electrons. The minimum Gasteiger partial charge on any atom is -0.493 e. The Morgan fingerprint density at radius 3 is 2.70 bits per heavy atom. The van der Waals surface area contributed by atoms with Crippen LogP contribution in [0.15, 0.2) is 60.9 Å². The molecule has 0 saturated heterocycles. The molecule has 0 saturated carbocycles. The lowest BCUT2D eigenvalue weighted by Gasteiger charge is -2.13. The molecule has 1 heterocycles. The molecule has 0 spiro atoms. The van der Waals surface area contributed by atoms with Gasteiger partial charge >= 0.3 is 0 Å². The molecule has 0 bridgehead atoms. The quantitative estimate of drug-likeness (QED) is 0.613. The molecule has 27 heavy (non-hydrogen) atoms. The number of anilines is 1. The van der Waals surface area contributed by atoms with Crippen LogP contribution in [0.5, 0.6) is 11.5 Å². The number of pyridine rings is 1. The van der Waals surface area contributed by atoms with Crippen molar-refractivity contribution < 1.29 is 14.3 Å². The Bertz CT molecular complexity index is 949. The number of hydrogen-bond acceptors (Lipinski definition) is 4. The molecule has 2 aromatic carbocycles. The number of nitrogens with one attached hydrogen (secondary N) is 1. The maximum absolute atomic E-state index is 12.5. The van der Waals surface area contributed by atoms with E-state index in [4.69, 9.17) is 32.7 Å². The topological polar surface area (TPSA) is 60.5 Å². The number of amides is 1. The van der Waals surface area contributed by atoms with Crippen LogP contribution in [0.2, 0.25) is 10.0 Å². The molecule has 1 amide bonds. The van der Waals surface area contributed by atoms with Crippen LogP contribution in [0, 0.1) is 0 Å². The fourth-order valence-electron chi connectivity index (χ4n) is 2.39. The molecule has 0 unspecified atom stereocenters. The predicted molar refractivity (Wildman–Crippen MR) is 106 cm³/mol. The van der Waals surface area contributed by atoms with Crippen molar-refractivity contribution in [1.82, 2.24) is 4.98 Å². The minimum atomic E-state index is -0.370. The molecule has 5 nitrogen and oxygen atoms in total. The Balaban J connectivity index is 1.78. The zero-order valence-corrected chi connectivity index (χ0v) is 15.9. The van der Waals surface area contributed by atoms with Gasteiger partial charge in [-0.25, -0.2) is 0 Å². The molecular formula is C20H16Cl2N2O3. The Kier molecular flexibility index (Phi) is 6.16. The van der Waals surface area contributed by atoms with Gasteiger partial charge in [-0.3, -0.25) is 9.78 Å². The predicted octanol–water partition coefficient (Wildman–Crippen LogP) is 5.23. The normalized spacial score (nSPS) is 10.3. The number of hydrogen-bond donors (Lipinski definition) is 1. The molecule has 3 rings (SSSR count). The van der Waals surface area contributed by atoms with Crippen molar-refractivity contribution in [3.63, 3.8) is 0 Å². The Hall–Kier alpha value is -2.76. The highest BCUT2D eigenvalue weighted by Gasteiger charge is 2.14. The van der Waals surface area contributed by atoms with Crippen LogP contribution in [-0.2, 0) is 6.61 Å². The molecule has 7 heteroatoms. The summed E-state index contributed by atoms with van der Waals surface area (Å²) >= 11 is 12.1. The SMILES string of the molecule is COc1ccc(NC(=O)c2cccc(Cl)c2Cl)cc1OCc1cccnc1. The van der Waals surface area contributed by atoms with E-state index in [-0.39, 0.29) is 16.5 Å². The molecule has 0 aliphatic rings. The molecule has 1 N–H and O–H groups in total. The van der Waals surface area contributed by atoms with E-state index >= 15 is 0 Å². The van der Waals surface area contributed by atoms with E-state index in [0.717, 1.165) is 5.56 Å². The lowest BCUT2D eigenvalue weighted by atomic mass is 10.2. The Morgan fingerprint density at radius 1 is 1.11 bits per heavy atom. The summed E-state index contributed by atoms with van der Waals surface area (Å²) in [7, 11) is 1.55. The summed E-state index contributed by atoms with van der Waals surface area (Å²) in [6.45, 7) is 0.321. The number of rotatable bonds is 6. The monoisotopic (exact) mass is 402 g/mol. The highest BCUT2D eigenvalue weighted by Crippen LogP contribution is 2.32. The lowest BCUT2D eigenvalue weighted by Crippen LogP contribution is -2.12. The third-order valence-corrected chi connectivity index (χ3v) is 4.55. The number of carbonyl (C=O) groups is 1. The summed E-state index contributed by atoms with van der Waals surface area (Å²) in [4.78, 5) is 16.6.